The van der Waals surface area contributed by atoms with Gasteiger partial charge < -0.3 is 4.74 Å². The van der Waals surface area contributed by atoms with E-state index in [1.165, 1.54) is 28.6 Å². The number of hydrogen-bond donors (Lipinski definition) is 2. The molecule has 0 aromatic heterocycles. The predicted molar refractivity (Wildman–Crippen MR) is 127 cm³/mol. The Morgan fingerprint density at radius 3 is 2.12 bits per heavy atom. The van der Waals surface area contributed by atoms with Gasteiger partial charge in [-0.15, -0.1) is 0 Å². The van der Waals surface area contributed by atoms with E-state index < -0.39 is 21.8 Å². The minimum absolute atomic E-state index is 0.141. The zero-order valence-corrected chi connectivity index (χ0v) is 19.3. The lowest BCUT2D eigenvalue weighted by Gasteiger charge is -2.15. The van der Waals surface area contributed by atoms with Crippen molar-refractivity contribution in [2.45, 2.75) is 24.3 Å². The van der Waals surface area contributed by atoms with Gasteiger partial charge in [0.25, 0.3) is 11.8 Å². The van der Waals surface area contributed by atoms with Crippen molar-refractivity contribution in [3.8, 4) is 5.75 Å². The maximum atomic E-state index is 12.6. The van der Waals surface area contributed by atoms with E-state index in [0.717, 1.165) is 18.4 Å². The number of nitrogens with one attached hydrogen (secondary N) is 2. The van der Waals surface area contributed by atoms with Gasteiger partial charge in [-0.1, -0.05) is 36.4 Å². The summed E-state index contributed by atoms with van der Waals surface area (Å²) in [6.07, 6.45) is 1.70. The molecule has 0 spiro atoms. The first-order chi connectivity index (χ1) is 16.4. The van der Waals surface area contributed by atoms with Crippen LogP contribution in [0.15, 0.2) is 83.8 Å². The minimum atomic E-state index is -3.55. The molecule has 2 N–H and O–H groups in total. The zero-order valence-electron chi connectivity index (χ0n) is 18.4. The first kappa shape index (κ1) is 23.5. The number of sulfonamides is 1. The smallest absolute Gasteiger partial charge is 0.269 e. The Balaban J connectivity index is 1.32. The Morgan fingerprint density at radius 1 is 0.794 bits per heavy atom. The molecular formula is C25H25N3O5S. The second kappa shape index (κ2) is 10.5. The van der Waals surface area contributed by atoms with Gasteiger partial charge in [-0.05, 0) is 60.9 Å². The van der Waals surface area contributed by atoms with E-state index in [0.29, 0.717) is 31.0 Å². The Morgan fingerprint density at radius 2 is 1.44 bits per heavy atom. The summed E-state index contributed by atoms with van der Waals surface area (Å²) in [6.45, 7) is 1.39. The van der Waals surface area contributed by atoms with Gasteiger partial charge in [0, 0.05) is 24.2 Å². The minimum Gasteiger partial charge on any atom is -0.489 e. The van der Waals surface area contributed by atoms with E-state index >= 15 is 0 Å². The van der Waals surface area contributed by atoms with Crippen LogP contribution in [0.25, 0.3) is 0 Å². The molecule has 0 bridgehead atoms. The van der Waals surface area contributed by atoms with Crippen molar-refractivity contribution < 1.29 is 22.7 Å². The third-order valence-corrected chi connectivity index (χ3v) is 7.37. The van der Waals surface area contributed by atoms with E-state index in [1.807, 2.05) is 30.3 Å². The molecular weight excluding hydrogens is 454 g/mol. The summed E-state index contributed by atoms with van der Waals surface area (Å²) in [4.78, 5) is 25.0. The second-order valence-electron chi connectivity index (χ2n) is 7.85. The third-order valence-electron chi connectivity index (χ3n) is 5.45. The van der Waals surface area contributed by atoms with Gasteiger partial charge in [0.05, 0.1) is 4.90 Å². The van der Waals surface area contributed by atoms with Gasteiger partial charge in [-0.2, -0.15) is 4.31 Å². The molecule has 2 amide bonds. The zero-order chi connectivity index (χ0) is 24.0. The van der Waals surface area contributed by atoms with Crippen molar-refractivity contribution in [2.75, 3.05) is 13.1 Å². The van der Waals surface area contributed by atoms with Crippen LogP contribution in [-0.2, 0) is 16.6 Å². The Hall–Kier alpha value is -3.69. The largest absolute Gasteiger partial charge is 0.489 e. The number of carbonyl (C=O) groups excluding carboxylic acids is 2. The number of nitrogens with zero attached hydrogens (tertiary/aromatic N) is 1. The number of hydrazine groups is 1. The molecule has 0 radical (unpaired) electrons. The number of hydrogen-bond acceptors (Lipinski definition) is 5. The summed E-state index contributed by atoms with van der Waals surface area (Å²) in [5.74, 6) is -0.542. The first-order valence-corrected chi connectivity index (χ1v) is 12.4. The highest BCUT2D eigenvalue weighted by molar-refractivity contribution is 7.89. The molecule has 1 fully saturated rings. The highest BCUT2D eigenvalue weighted by Gasteiger charge is 2.27. The molecule has 9 heteroatoms. The van der Waals surface area contributed by atoms with Crippen molar-refractivity contribution >= 4 is 21.8 Å². The monoisotopic (exact) mass is 479 g/mol. The van der Waals surface area contributed by atoms with E-state index in [1.54, 1.807) is 24.3 Å². The lowest BCUT2D eigenvalue weighted by Crippen LogP contribution is -2.41. The molecule has 1 aliphatic heterocycles. The van der Waals surface area contributed by atoms with Crippen LogP contribution < -0.4 is 15.6 Å². The molecule has 176 valence electrons. The fourth-order valence-corrected chi connectivity index (χ4v) is 5.10. The fraction of sp³-hybridized carbons (Fsp3) is 0.200. The van der Waals surface area contributed by atoms with Gasteiger partial charge in [-0.3, -0.25) is 20.4 Å². The summed E-state index contributed by atoms with van der Waals surface area (Å²) in [7, 11) is -3.55. The van der Waals surface area contributed by atoms with Crippen LogP contribution in [0.5, 0.6) is 5.75 Å². The second-order valence-corrected chi connectivity index (χ2v) is 9.78. The van der Waals surface area contributed by atoms with E-state index in [4.69, 9.17) is 4.74 Å². The van der Waals surface area contributed by atoms with E-state index in [-0.39, 0.29) is 10.5 Å². The summed E-state index contributed by atoms with van der Waals surface area (Å²) in [5.41, 5.74) is 6.26. The van der Waals surface area contributed by atoms with Crippen LogP contribution in [-0.4, -0.2) is 37.6 Å². The highest BCUT2D eigenvalue weighted by Crippen LogP contribution is 2.21. The SMILES string of the molecule is O=C(NNC(=O)c1cccc(OCc2ccccc2)c1)c1ccc(S(=O)(=O)N2CCCC2)cc1. The highest BCUT2D eigenvalue weighted by atomic mass is 32.2. The van der Waals surface area contributed by atoms with Gasteiger partial charge in [0.1, 0.15) is 12.4 Å². The number of ether oxygens (including phenoxy) is 1. The average Bonchev–Trinajstić information content (AvgIpc) is 3.43. The Labute approximate surface area is 198 Å². The maximum absolute atomic E-state index is 12.6. The Bertz CT molecular complexity index is 1260. The van der Waals surface area contributed by atoms with Crippen LogP contribution in [0.3, 0.4) is 0 Å². The van der Waals surface area contributed by atoms with Crippen molar-refractivity contribution in [1.29, 1.82) is 0 Å². The number of benzene rings is 3. The fourth-order valence-electron chi connectivity index (χ4n) is 3.58. The molecule has 3 aromatic rings. The normalized spacial score (nSPS) is 13.9. The summed E-state index contributed by atoms with van der Waals surface area (Å²) >= 11 is 0. The molecule has 0 atom stereocenters. The molecule has 1 aliphatic rings. The van der Waals surface area contributed by atoms with Gasteiger partial charge in [-0.25, -0.2) is 8.42 Å². The topological polar surface area (TPSA) is 105 Å². The maximum Gasteiger partial charge on any atom is 0.269 e. The van der Waals surface area contributed by atoms with Gasteiger partial charge in [0.15, 0.2) is 0 Å². The van der Waals surface area contributed by atoms with E-state index in [2.05, 4.69) is 10.9 Å². The van der Waals surface area contributed by atoms with Gasteiger partial charge in [0.2, 0.25) is 10.0 Å². The first-order valence-electron chi connectivity index (χ1n) is 10.9. The molecule has 8 nitrogen and oxygen atoms in total. The molecule has 1 saturated heterocycles. The molecule has 1 heterocycles. The van der Waals surface area contributed by atoms with Crippen LogP contribution in [0.1, 0.15) is 39.1 Å². The van der Waals surface area contributed by atoms with Crippen molar-refractivity contribution in [2.24, 2.45) is 0 Å². The molecule has 0 saturated carbocycles. The summed E-state index contributed by atoms with van der Waals surface area (Å²) in [5, 5.41) is 0. The number of carbonyl (C=O) groups is 2. The van der Waals surface area contributed by atoms with Crippen LogP contribution in [0.2, 0.25) is 0 Å². The number of rotatable bonds is 7. The third kappa shape index (κ3) is 5.62. The molecule has 34 heavy (non-hydrogen) atoms. The summed E-state index contributed by atoms with van der Waals surface area (Å²) < 4.78 is 32.4. The van der Waals surface area contributed by atoms with Crippen LogP contribution in [0, 0.1) is 0 Å². The lowest BCUT2D eigenvalue weighted by molar-refractivity contribution is 0.0846. The van der Waals surface area contributed by atoms with Crippen LogP contribution in [0.4, 0.5) is 0 Å². The lowest BCUT2D eigenvalue weighted by atomic mass is 10.2. The Kier molecular flexibility index (Phi) is 7.24. The van der Waals surface area contributed by atoms with Gasteiger partial charge >= 0.3 is 0 Å². The van der Waals surface area contributed by atoms with Crippen molar-refractivity contribution in [1.82, 2.24) is 15.2 Å². The van der Waals surface area contributed by atoms with E-state index in [9.17, 15) is 18.0 Å². The standard InChI is InChI=1S/C25H25N3O5S/c29-24(20-11-13-23(14-12-20)34(31,32)28-15-4-5-16-28)26-27-25(30)21-9-6-10-22(17-21)33-18-19-7-2-1-3-8-19/h1-3,6-14,17H,4-5,15-16,18H2,(H,26,29)(H,27,30). The molecule has 0 unspecified atom stereocenters. The molecule has 0 aliphatic carbocycles. The molecule has 3 aromatic carbocycles. The average molecular weight is 480 g/mol. The number of amides is 2. The van der Waals surface area contributed by atoms with Crippen LogP contribution >= 0.6 is 0 Å². The van der Waals surface area contributed by atoms with Crippen molar-refractivity contribution in [3.05, 3.63) is 95.6 Å². The van der Waals surface area contributed by atoms with Crippen molar-refractivity contribution in [3.63, 3.8) is 0 Å². The predicted octanol–water partition coefficient (Wildman–Crippen LogP) is 3.12. The quantitative estimate of drug-likeness (QED) is 0.507. The summed E-state index contributed by atoms with van der Waals surface area (Å²) in [6, 6.07) is 21.9. The molecule has 4 rings (SSSR count).